The van der Waals surface area contributed by atoms with Crippen molar-refractivity contribution in [2.45, 2.75) is 49.8 Å². The molecule has 0 spiro atoms. The minimum atomic E-state index is -4.60. The fourth-order valence-electron chi connectivity index (χ4n) is 4.82. The number of fused-ring (bicyclic) bond motifs is 1. The molecule has 0 saturated heterocycles. The van der Waals surface area contributed by atoms with E-state index in [1.54, 1.807) is 43.5 Å². The molecule has 1 amide bonds. The molecule has 0 fully saturated rings. The van der Waals surface area contributed by atoms with Crippen molar-refractivity contribution in [2.24, 2.45) is 0 Å². The van der Waals surface area contributed by atoms with Gasteiger partial charge in [-0.2, -0.15) is 13.2 Å². The molecule has 2 N–H and O–H groups in total. The first-order chi connectivity index (χ1) is 18.6. The predicted molar refractivity (Wildman–Crippen MR) is 152 cm³/mol. The molecule has 1 aromatic heterocycles. The zero-order valence-electron chi connectivity index (χ0n) is 21.5. The number of amides is 1. The summed E-state index contributed by atoms with van der Waals surface area (Å²) in [6.07, 6.45) is 1.25. The molecule has 3 aromatic rings. The van der Waals surface area contributed by atoms with Crippen molar-refractivity contribution in [3.63, 3.8) is 0 Å². The van der Waals surface area contributed by atoms with Gasteiger partial charge in [0.1, 0.15) is 5.25 Å². The molecule has 2 unspecified atom stereocenters. The van der Waals surface area contributed by atoms with Crippen LogP contribution in [0.5, 0.6) is 0 Å². The Morgan fingerprint density at radius 2 is 1.85 bits per heavy atom. The molecule has 0 bridgehead atoms. The zero-order valence-corrected chi connectivity index (χ0v) is 23.1. The second-order valence-electron chi connectivity index (χ2n) is 9.39. The number of pyridine rings is 1. The van der Waals surface area contributed by atoms with E-state index < -0.39 is 28.6 Å². The van der Waals surface area contributed by atoms with Gasteiger partial charge in [-0.3, -0.25) is 9.78 Å². The number of hydrogen-bond acceptors (Lipinski definition) is 5. The summed E-state index contributed by atoms with van der Waals surface area (Å²) >= 11 is 6.71. The molecule has 10 heteroatoms. The van der Waals surface area contributed by atoms with E-state index in [0.717, 1.165) is 48.5 Å². The summed E-state index contributed by atoms with van der Waals surface area (Å²) in [5.41, 5.74) is -0.179. The Morgan fingerprint density at radius 3 is 2.56 bits per heavy atom. The number of carbonyl (C=O) groups is 1. The molecule has 1 aliphatic heterocycles. The Kier molecular flexibility index (Phi) is 9.46. The molecule has 4 rings (SSSR count). The predicted octanol–water partition coefficient (Wildman–Crippen LogP) is 7.16. The third-order valence-corrected chi connectivity index (χ3v) is 8.12. The monoisotopic (exact) mass is 577 g/mol. The summed E-state index contributed by atoms with van der Waals surface area (Å²) in [4.78, 5) is 18.8. The number of unbranched alkanes of at least 4 members (excludes halogenated alkanes) is 3. The average molecular weight is 578 g/mol. The number of nitrogens with one attached hydrogen (secondary N) is 1. The smallest absolute Gasteiger partial charge is 0.384 e. The molecule has 2 aromatic carbocycles. The summed E-state index contributed by atoms with van der Waals surface area (Å²) in [6.45, 7) is 2.49. The molecule has 0 aliphatic carbocycles. The van der Waals surface area contributed by atoms with Gasteiger partial charge in [-0.25, -0.2) is 0 Å². The molecule has 2 atom stereocenters. The molecule has 2 heterocycles. The first-order valence-electron chi connectivity index (χ1n) is 12.9. The fourth-order valence-corrected chi connectivity index (χ4v) is 5.86. The van der Waals surface area contributed by atoms with Gasteiger partial charge in [0.2, 0.25) is 0 Å². The maximum Gasteiger partial charge on any atom is 0.404 e. The molecular formula is C29H31ClF3N3O2S. The molecule has 208 valence electrons. The maximum atomic E-state index is 13.8. The lowest BCUT2D eigenvalue weighted by molar-refractivity contribution is -0.147. The topological polar surface area (TPSA) is 65.5 Å². The highest BCUT2D eigenvalue weighted by Gasteiger charge is 2.52. The van der Waals surface area contributed by atoms with Crippen molar-refractivity contribution in [1.82, 2.24) is 9.88 Å². The highest BCUT2D eigenvalue weighted by Crippen LogP contribution is 2.44. The summed E-state index contributed by atoms with van der Waals surface area (Å²) < 4.78 is 41.5. The van der Waals surface area contributed by atoms with E-state index in [2.05, 4.69) is 10.3 Å². The molecular weight excluding hydrogens is 547 g/mol. The van der Waals surface area contributed by atoms with Crippen LogP contribution in [-0.2, 0) is 10.5 Å². The van der Waals surface area contributed by atoms with Crippen molar-refractivity contribution < 1.29 is 23.1 Å². The van der Waals surface area contributed by atoms with Gasteiger partial charge >= 0.3 is 6.18 Å². The number of aromatic nitrogens is 1. The van der Waals surface area contributed by atoms with Crippen molar-refractivity contribution >= 4 is 45.9 Å². The standard InChI is InChI=1S/C29H31ClF3N3O2S/c1-2-39-26(29(31,32)33)23-19-28(38,20-10-6-5-7-11-20)36(27(23)37)17-9-4-3-8-15-34-24-14-16-35-25-18-21(30)12-13-22(24)25/h5-7,10-14,16,18-19,26,38H,2-4,8-9,15,17H2,1H3,(H,34,35). The quantitative estimate of drug-likeness (QED) is 0.224. The highest BCUT2D eigenvalue weighted by atomic mass is 35.5. The van der Waals surface area contributed by atoms with Gasteiger partial charge in [0.25, 0.3) is 5.91 Å². The van der Waals surface area contributed by atoms with Crippen LogP contribution in [0.3, 0.4) is 0 Å². The minimum absolute atomic E-state index is 0.148. The van der Waals surface area contributed by atoms with Crippen LogP contribution >= 0.6 is 23.4 Å². The van der Waals surface area contributed by atoms with Crippen LogP contribution in [-0.4, -0.2) is 51.2 Å². The lowest BCUT2D eigenvalue weighted by atomic mass is 10.0. The number of benzene rings is 2. The van der Waals surface area contributed by atoms with Crippen LogP contribution in [0, 0.1) is 0 Å². The normalized spacial score (nSPS) is 18.5. The van der Waals surface area contributed by atoms with Crippen molar-refractivity contribution in [2.75, 3.05) is 24.2 Å². The van der Waals surface area contributed by atoms with E-state index in [1.165, 1.54) is 4.90 Å². The number of hydrogen-bond donors (Lipinski definition) is 2. The number of halogens is 4. The van der Waals surface area contributed by atoms with E-state index >= 15 is 0 Å². The van der Waals surface area contributed by atoms with E-state index in [-0.39, 0.29) is 12.3 Å². The first kappa shape index (κ1) is 29.2. The van der Waals surface area contributed by atoms with Crippen LogP contribution in [0.1, 0.15) is 38.2 Å². The lowest BCUT2D eigenvalue weighted by Crippen LogP contribution is -2.45. The van der Waals surface area contributed by atoms with Gasteiger partial charge in [-0.1, -0.05) is 61.7 Å². The van der Waals surface area contributed by atoms with Gasteiger partial charge in [-0.15, -0.1) is 11.8 Å². The Balaban J connectivity index is 1.36. The SMILES string of the molecule is CCSC(C1=CC(O)(c2ccccc2)N(CCCCCCNc2ccnc3cc(Cl)ccc23)C1=O)C(F)(F)F. The first-order valence-corrected chi connectivity index (χ1v) is 14.4. The number of alkyl halides is 3. The van der Waals surface area contributed by atoms with Crippen LogP contribution in [0.15, 0.2) is 72.4 Å². The Labute approximate surface area is 235 Å². The van der Waals surface area contributed by atoms with Crippen LogP contribution in [0.25, 0.3) is 10.9 Å². The van der Waals surface area contributed by atoms with E-state index in [4.69, 9.17) is 11.6 Å². The minimum Gasteiger partial charge on any atom is -0.384 e. The highest BCUT2D eigenvalue weighted by molar-refractivity contribution is 8.00. The second kappa shape index (κ2) is 12.6. The maximum absolute atomic E-state index is 13.8. The largest absolute Gasteiger partial charge is 0.404 e. The molecule has 5 nitrogen and oxygen atoms in total. The number of rotatable bonds is 12. The van der Waals surface area contributed by atoms with Crippen molar-refractivity contribution in [1.29, 1.82) is 0 Å². The van der Waals surface area contributed by atoms with Gasteiger partial charge in [0.15, 0.2) is 5.72 Å². The Morgan fingerprint density at radius 1 is 1.10 bits per heavy atom. The third-order valence-electron chi connectivity index (χ3n) is 6.70. The Bertz CT molecular complexity index is 1320. The zero-order chi connectivity index (χ0) is 28.0. The third kappa shape index (κ3) is 6.70. The summed E-state index contributed by atoms with van der Waals surface area (Å²) in [6, 6.07) is 15.9. The van der Waals surface area contributed by atoms with Crippen molar-refractivity contribution in [3.05, 3.63) is 83.0 Å². The van der Waals surface area contributed by atoms with Gasteiger partial charge in [0, 0.05) is 46.5 Å². The van der Waals surface area contributed by atoms with Crippen LogP contribution in [0.2, 0.25) is 5.02 Å². The number of aliphatic hydroxyl groups is 1. The van der Waals surface area contributed by atoms with E-state index in [1.807, 2.05) is 24.3 Å². The second-order valence-corrected chi connectivity index (χ2v) is 11.2. The summed E-state index contributed by atoms with van der Waals surface area (Å²) in [7, 11) is 0. The van der Waals surface area contributed by atoms with E-state index in [0.29, 0.717) is 28.8 Å². The molecule has 0 saturated carbocycles. The lowest BCUT2D eigenvalue weighted by Gasteiger charge is -2.33. The Hall–Kier alpha value is -2.75. The van der Waals surface area contributed by atoms with E-state index in [9.17, 15) is 23.1 Å². The summed E-state index contributed by atoms with van der Waals surface area (Å²) in [5.74, 6) is -0.578. The molecule has 0 radical (unpaired) electrons. The molecule has 1 aliphatic rings. The number of carbonyl (C=O) groups excluding carboxylic acids is 1. The van der Waals surface area contributed by atoms with Gasteiger partial charge in [-0.05, 0) is 48.9 Å². The van der Waals surface area contributed by atoms with Crippen LogP contribution in [0.4, 0.5) is 18.9 Å². The van der Waals surface area contributed by atoms with Gasteiger partial charge in [0.05, 0.1) is 5.52 Å². The summed E-state index contributed by atoms with van der Waals surface area (Å²) in [5, 5.41) is 14.6. The van der Waals surface area contributed by atoms with Gasteiger partial charge < -0.3 is 15.3 Å². The van der Waals surface area contributed by atoms with Crippen LogP contribution < -0.4 is 5.32 Å². The number of nitrogens with zero attached hydrogens (tertiary/aromatic N) is 2. The molecule has 39 heavy (non-hydrogen) atoms. The van der Waals surface area contributed by atoms with Crippen molar-refractivity contribution in [3.8, 4) is 0 Å². The average Bonchev–Trinajstić information content (AvgIpc) is 3.16. The number of thioether (sulfide) groups is 1. The number of anilines is 1. The fraction of sp³-hybridized carbons (Fsp3) is 0.379.